The van der Waals surface area contributed by atoms with E-state index in [1.807, 2.05) is 4.90 Å². The topological polar surface area (TPSA) is 67.4 Å². The van der Waals surface area contributed by atoms with Crippen LogP contribution in [0.2, 0.25) is 5.02 Å². The third-order valence-electron chi connectivity index (χ3n) is 5.70. The maximum Gasteiger partial charge on any atom is 0.281 e. The smallest absolute Gasteiger partial charge is 0.281 e. The van der Waals surface area contributed by atoms with Crippen molar-refractivity contribution in [3.8, 4) is 5.75 Å². The second-order valence-corrected chi connectivity index (χ2v) is 9.19. The molecule has 186 valence electrons. The average Bonchev–Trinajstić information content (AvgIpc) is 3.30. The highest BCUT2D eigenvalue weighted by molar-refractivity contribution is 7.09. The number of carbonyl (C=O) groups excluding carboxylic acids is 1. The molecule has 35 heavy (non-hydrogen) atoms. The molecule has 0 bridgehead atoms. The van der Waals surface area contributed by atoms with E-state index in [2.05, 4.69) is 15.3 Å². The average molecular weight is 529 g/mol. The number of pyridine rings is 1. The van der Waals surface area contributed by atoms with Crippen LogP contribution in [0.25, 0.3) is 0 Å². The van der Waals surface area contributed by atoms with E-state index in [1.165, 1.54) is 29.9 Å². The fraction of sp³-hybridized carbons (Fsp3) is 0.348. The van der Waals surface area contributed by atoms with Gasteiger partial charge in [0.2, 0.25) is 5.95 Å². The highest BCUT2D eigenvalue weighted by atomic mass is 35.5. The van der Waals surface area contributed by atoms with Gasteiger partial charge in [0.1, 0.15) is 23.4 Å². The van der Waals surface area contributed by atoms with Crippen LogP contribution in [-0.2, 0) is 0 Å². The molecule has 1 unspecified atom stereocenters. The van der Waals surface area contributed by atoms with Gasteiger partial charge in [-0.15, -0.1) is 11.3 Å². The Labute approximate surface area is 207 Å². The maximum atomic E-state index is 14.2. The van der Waals surface area contributed by atoms with Gasteiger partial charge in [0.25, 0.3) is 12.3 Å². The molecule has 1 amide bonds. The number of thiazole rings is 1. The van der Waals surface area contributed by atoms with Gasteiger partial charge in [0, 0.05) is 31.9 Å². The van der Waals surface area contributed by atoms with Crippen molar-refractivity contribution in [2.45, 2.75) is 31.4 Å². The number of carbonyl (C=O) groups is 1. The van der Waals surface area contributed by atoms with Crippen LogP contribution in [0.5, 0.6) is 5.75 Å². The largest absolute Gasteiger partial charge is 0.490 e. The number of rotatable bonds is 8. The number of hydrogen-bond acceptors (Lipinski definition) is 6. The lowest BCUT2D eigenvalue weighted by atomic mass is 10.0. The Morgan fingerprint density at radius 3 is 2.69 bits per heavy atom. The van der Waals surface area contributed by atoms with Crippen LogP contribution in [-0.4, -0.2) is 46.5 Å². The van der Waals surface area contributed by atoms with Crippen molar-refractivity contribution in [2.24, 2.45) is 0 Å². The SMILES string of the molecule is O=C(NCC(c1scnc1C(F)F)N1CCC(Oc2ccnc(F)c2)CC1)c1c(F)cccc1Cl. The van der Waals surface area contributed by atoms with Crippen LogP contribution >= 0.6 is 22.9 Å². The zero-order valence-corrected chi connectivity index (χ0v) is 19.8. The molecule has 1 aliphatic heterocycles. The van der Waals surface area contributed by atoms with E-state index >= 15 is 0 Å². The van der Waals surface area contributed by atoms with Crippen LogP contribution in [0, 0.1) is 11.8 Å². The Balaban J connectivity index is 1.47. The van der Waals surface area contributed by atoms with Gasteiger partial charge in [0.05, 0.1) is 27.0 Å². The Hall–Kier alpha value is -2.76. The van der Waals surface area contributed by atoms with Crippen molar-refractivity contribution in [1.29, 1.82) is 0 Å². The summed E-state index contributed by atoms with van der Waals surface area (Å²) in [6.07, 6.45) is -0.558. The number of amides is 1. The molecule has 0 radical (unpaired) electrons. The number of ether oxygens (including phenoxy) is 1. The number of aromatic nitrogens is 2. The molecule has 1 saturated heterocycles. The second kappa shape index (κ2) is 11.3. The highest BCUT2D eigenvalue weighted by Gasteiger charge is 2.32. The van der Waals surface area contributed by atoms with Crippen LogP contribution in [0.4, 0.5) is 17.6 Å². The number of benzene rings is 1. The summed E-state index contributed by atoms with van der Waals surface area (Å²) in [5, 5.41) is 2.59. The number of likely N-dealkylation sites (tertiary alicyclic amines) is 1. The molecule has 0 aliphatic carbocycles. The van der Waals surface area contributed by atoms with E-state index < -0.39 is 30.1 Å². The second-order valence-electron chi connectivity index (χ2n) is 7.89. The highest BCUT2D eigenvalue weighted by Crippen LogP contribution is 2.35. The number of halogens is 5. The summed E-state index contributed by atoms with van der Waals surface area (Å²) in [5.41, 5.74) is 0.694. The molecular weight excluding hydrogens is 508 g/mol. The molecule has 2 aromatic heterocycles. The summed E-state index contributed by atoms with van der Waals surface area (Å²) in [6, 6.07) is 6.05. The molecule has 1 aromatic carbocycles. The van der Waals surface area contributed by atoms with Crippen LogP contribution in [0.15, 0.2) is 42.0 Å². The van der Waals surface area contributed by atoms with Gasteiger partial charge < -0.3 is 10.1 Å². The fourth-order valence-corrected chi connectivity index (χ4v) is 5.19. The van der Waals surface area contributed by atoms with Crippen LogP contribution < -0.4 is 10.1 Å². The van der Waals surface area contributed by atoms with Crippen molar-refractivity contribution in [2.75, 3.05) is 19.6 Å². The summed E-state index contributed by atoms with van der Waals surface area (Å²) in [7, 11) is 0. The van der Waals surface area contributed by atoms with E-state index in [1.54, 1.807) is 6.07 Å². The zero-order valence-electron chi connectivity index (χ0n) is 18.3. The molecule has 6 nitrogen and oxygen atoms in total. The van der Waals surface area contributed by atoms with E-state index in [0.717, 1.165) is 17.4 Å². The zero-order chi connectivity index (χ0) is 24.9. The van der Waals surface area contributed by atoms with E-state index in [4.69, 9.17) is 16.3 Å². The number of hydrogen-bond donors (Lipinski definition) is 1. The van der Waals surface area contributed by atoms with Gasteiger partial charge >= 0.3 is 0 Å². The monoisotopic (exact) mass is 528 g/mol. The van der Waals surface area contributed by atoms with Gasteiger partial charge in [-0.2, -0.15) is 4.39 Å². The van der Waals surface area contributed by atoms with Gasteiger partial charge in [0.15, 0.2) is 0 Å². The molecule has 3 heterocycles. The molecule has 3 aromatic rings. The first-order chi connectivity index (χ1) is 16.8. The van der Waals surface area contributed by atoms with Gasteiger partial charge in [-0.25, -0.2) is 23.1 Å². The number of nitrogens with one attached hydrogen (secondary N) is 1. The molecular formula is C23H21ClF4N4O2S. The third-order valence-corrected chi connectivity index (χ3v) is 6.96. The number of piperidine rings is 1. The van der Waals surface area contributed by atoms with Crippen LogP contribution in [0.1, 0.15) is 46.2 Å². The Bertz CT molecular complexity index is 1150. The maximum absolute atomic E-state index is 14.2. The van der Waals surface area contributed by atoms with Gasteiger partial charge in [-0.3, -0.25) is 9.69 Å². The molecule has 0 saturated carbocycles. The van der Waals surface area contributed by atoms with Gasteiger partial charge in [-0.1, -0.05) is 17.7 Å². The minimum atomic E-state index is -2.78. The Morgan fingerprint density at radius 2 is 2.00 bits per heavy atom. The lowest BCUT2D eigenvalue weighted by molar-refractivity contribution is 0.0700. The Morgan fingerprint density at radius 1 is 1.23 bits per heavy atom. The lowest BCUT2D eigenvalue weighted by Gasteiger charge is -2.37. The molecule has 1 fully saturated rings. The molecule has 1 atom stereocenters. The predicted molar refractivity (Wildman–Crippen MR) is 123 cm³/mol. The van der Waals surface area contributed by atoms with E-state index in [-0.39, 0.29) is 28.9 Å². The summed E-state index contributed by atoms with van der Waals surface area (Å²) in [6.45, 7) is 0.895. The summed E-state index contributed by atoms with van der Waals surface area (Å²) in [4.78, 5) is 22.3. The standard InChI is InChI=1S/C23H21ClF4N4O2S/c24-15-2-1-3-16(25)19(15)23(33)30-11-17(21-20(22(27)28)31-12-35-21)32-8-5-13(6-9-32)34-14-4-7-29-18(26)10-14/h1-4,7,10,12-13,17,22H,5-6,8-9,11H2,(H,30,33). The first kappa shape index (κ1) is 25.3. The first-order valence-electron chi connectivity index (χ1n) is 10.8. The lowest BCUT2D eigenvalue weighted by Crippen LogP contribution is -2.44. The number of alkyl halides is 2. The van der Waals surface area contributed by atoms with Crippen molar-refractivity contribution in [3.05, 3.63) is 75.0 Å². The predicted octanol–water partition coefficient (Wildman–Crippen LogP) is 5.42. The molecule has 12 heteroatoms. The van der Waals surface area contributed by atoms with E-state index in [9.17, 15) is 22.4 Å². The Kier molecular flexibility index (Phi) is 8.19. The normalized spacial score (nSPS) is 15.8. The molecule has 1 N–H and O–H groups in total. The van der Waals surface area contributed by atoms with E-state index in [0.29, 0.717) is 36.6 Å². The fourth-order valence-electron chi connectivity index (χ4n) is 4.01. The van der Waals surface area contributed by atoms with Gasteiger partial charge in [-0.05, 0) is 31.0 Å². The summed E-state index contributed by atoms with van der Waals surface area (Å²) >= 11 is 7.06. The quantitative estimate of drug-likeness (QED) is 0.312. The minimum absolute atomic E-state index is 0.0457. The van der Waals surface area contributed by atoms with Crippen molar-refractivity contribution < 1.29 is 27.1 Å². The first-order valence-corrected chi connectivity index (χ1v) is 12.0. The molecule has 4 rings (SSSR count). The summed E-state index contributed by atoms with van der Waals surface area (Å²) in [5.74, 6) is -1.79. The minimum Gasteiger partial charge on any atom is -0.490 e. The summed E-state index contributed by atoms with van der Waals surface area (Å²) < 4.78 is 60.6. The van der Waals surface area contributed by atoms with Crippen molar-refractivity contribution in [3.63, 3.8) is 0 Å². The molecule has 1 aliphatic rings. The van der Waals surface area contributed by atoms with Crippen LogP contribution in [0.3, 0.4) is 0 Å². The van der Waals surface area contributed by atoms with Crippen molar-refractivity contribution >= 4 is 28.8 Å². The number of nitrogens with zero attached hydrogens (tertiary/aromatic N) is 3. The van der Waals surface area contributed by atoms with Crippen molar-refractivity contribution in [1.82, 2.24) is 20.2 Å². The third kappa shape index (κ3) is 6.09. The molecule has 0 spiro atoms.